The third-order valence-corrected chi connectivity index (χ3v) is 8.56. The van der Waals surface area contributed by atoms with Gasteiger partial charge in [-0.05, 0) is 19.3 Å². The van der Waals surface area contributed by atoms with Crippen molar-refractivity contribution in [2.24, 2.45) is 5.41 Å². The SMILES string of the molecule is CCCC(=O)NCC1CN(c2cc(F)c(N3CCC4(CC3)CS(O)(O)C4)c(F)c2)C(=O)O1. The first-order valence-corrected chi connectivity index (χ1v) is 12.7. The van der Waals surface area contributed by atoms with Crippen molar-refractivity contribution in [3.05, 3.63) is 23.8 Å². The number of nitrogens with zero attached hydrogens (tertiary/aromatic N) is 2. The summed E-state index contributed by atoms with van der Waals surface area (Å²) >= 11 is 0. The highest BCUT2D eigenvalue weighted by Crippen LogP contribution is 2.62. The van der Waals surface area contributed by atoms with Gasteiger partial charge in [-0.15, -0.1) is 0 Å². The van der Waals surface area contributed by atoms with Crippen LogP contribution in [-0.4, -0.2) is 64.9 Å². The number of carbonyl (C=O) groups excluding carboxylic acids is 2. The number of piperidine rings is 1. The third-order valence-electron chi connectivity index (χ3n) is 6.41. The van der Waals surface area contributed by atoms with Gasteiger partial charge in [-0.1, -0.05) is 6.92 Å². The summed E-state index contributed by atoms with van der Waals surface area (Å²) in [6, 6.07) is 2.25. The predicted octanol–water partition coefficient (Wildman–Crippen LogP) is 3.56. The lowest BCUT2D eigenvalue weighted by Crippen LogP contribution is -2.52. The summed E-state index contributed by atoms with van der Waals surface area (Å²) < 4.78 is 54.5. The van der Waals surface area contributed by atoms with Gasteiger partial charge in [0.1, 0.15) is 11.8 Å². The molecule has 2 amide bonds. The summed E-state index contributed by atoms with van der Waals surface area (Å²) in [5.74, 6) is -0.926. The van der Waals surface area contributed by atoms with Crippen LogP contribution in [-0.2, 0) is 9.53 Å². The zero-order valence-corrected chi connectivity index (χ0v) is 18.8. The number of hydrogen-bond acceptors (Lipinski definition) is 6. The number of benzene rings is 1. The minimum atomic E-state index is -2.46. The fourth-order valence-corrected chi connectivity index (χ4v) is 7.28. The smallest absolute Gasteiger partial charge is 0.414 e. The fraction of sp³-hybridized carbons (Fsp3) is 0.619. The molecule has 8 nitrogen and oxygen atoms in total. The van der Waals surface area contributed by atoms with Crippen LogP contribution in [0.2, 0.25) is 0 Å². The molecule has 0 saturated carbocycles. The zero-order valence-electron chi connectivity index (χ0n) is 18.0. The molecule has 1 atom stereocenters. The Morgan fingerprint density at radius 3 is 2.44 bits per heavy atom. The molecule has 11 heteroatoms. The molecule has 0 radical (unpaired) electrons. The van der Waals surface area contributed by atoms with E-state index in [1.807, 2.05) is 6.92 Å². The Morgan fingerprint density at radius 1 is 1.25 bits per heavy atom. The van der Waals surface area contributed by atoms with Gasteiger partial charge < -0.3 is 15.0 Å². The van der Waals surface area contributed by atoms with Crippen LogP contribution in [0.1, 0.15) is 32.6 Å². The van der Waals surface area contributed by atoms with E-state index in [0.29, 0.717) is 50.3 Å². The molecule has 3 aliphatic heterocycles. The van der Waals surface area contributed by atoms with Gasteiger partial charge in [0.15, 0.2) is 11.6 Å². The van der Waals surface area contributed by atoms with Crippen molar-refractivity contribution in [1.29, 1.82) is 0 Å². The van der Waals surface area contributed by atoms with E-state index in [9.17, 15) is 27.5 Å². The summed E-state index contributed by atoms with van der Waals surface area (Å²) in [4.78, 5) is 26.6. The van der Waals surface area contributed by atoms with Crippen LogP contribution in [0.25, 0.3) is 0 Å². The number of nitrogens with one attached hydrogen (secondary N) is 1. The van der Waals surface area contributed by atoms with Gasteiger partial charge in [0.05, 0.1) is 18.8 Å². The first kappa shape index (κ1) is 23.1. The molecule has 3 N–H and O–H groups in total. The second-order valence-corrected chi connectivity index (χ2v) is 11.2. The largest absolute Gasteiger partial charge is 0.442 e. The molecule has 3 saturated heterocycles. The molecule has 3 fully saturated rings. The number of rotatable bonds is 6. The summed E-state index contributed by atoms with van der Waals surface area (Å²) in [6.45, 7) is 2.96. The van der Waals surface area contributed by atoms with Crippen LogP contribution < -0.4 is 15.1 Å². The van der Waals surface area contributed by atoms with Crippen LogP contribution >= 0.6 is 10.6 Å². The molecule has 3 heterocycles. The number of carbonyl (C=O) groups is 2. The maximum Gasteiger partial charge on any atom is 0.414 e. The number of anilines is 2. The average molecular weight is 474 g/mol. The molecule has 32 heavy (non-hydrogen) atoms. The van der Waals surface area contributed by atoms with Crippen molar-refractivity contribution >= 4 is 34.0 Å². The van der Waals surface area contributed by atoms with Crippen molar-refractivity contribution in [1.82, 2.24) is 5.32 Å². The molecular weight excluding hydrogens is 444 g/mol. The van der Waals surface area contributed by atoms with Gasteiger partial charge in [0, 0.05) is 48.6 Å². The monoisotopic (exact) mass is 473 g/mol. The van der Waals surface area contributed by atoms with E-state index in [0.717, 1.165) is 17.0 Å². The number of amides is 2. The van der Waals surface area contributed by atoms with E-state index < -0.39 is 34.4 Å². The lowest BCUT2D eigenvalue weighted by molar-refractivity contribution is -0.121. The van der Waals surface area contributed by atoms with Gasteiger partial charge in [-0.25, -0.2) is 13.6 Å². The topological polar surface area (TPSA) is 102 Å². The highest BCUT2D eigenvalue weighted by Gasteiger charge is 2.49. The molecule has 1 aromatic rings. The minimum absolute atomic E-state index is 0.0672. The van der Waals surface area contributed by atoms with Crippen molar-refractivity contribution in [2.45, 2.75) is 38.7 Å². The standard InChI is InChI=1S/C21H29F2N3O5S/c1-2-3-18(27)24-10-15-11-26(20(28)31-15)14-8-16(22)19(17(23)9-14)25-6-4-21(5-7-25)12-32(29,30)13-21/h8-9,15,29-30H,2-7,10-13H2,1H3,(H,24,27). The second-order valence-electron chi connectivity index (χ2n) is 9.01. The van der Waals surface area contributed by atoms with Crippen LogP contribution in [0.5, 0.6) is 0 Å². The predicted molar refractivity (Wildman–Crippen MR) is 118 cm³/mol. The molecule has 178 valence electrons. The lowest BCUT2D eigenvalue weighted by Gasteiger charge is -2.58. The quantitative estimate of drug-likeness (QED) is 0.584. The Labute approximate surface area is 187 Å². The Balaban J connectivity index is 1.40. The van der Waals surface area contributed by atoms with E-state index in [2.05, 4.69) is 5.32 Å². The van der Waals surface area contributed by atoms with Crippen LogP contribution in [0.3, 0.4) is 0 Å². The number of cyclic esters (lactones) is 1. The molecule has 0 bridgehead atoms. The van der Waals surface area contributed by atoms with E-state index >= 15 is 0 Å². The molecule has 4 rings (SSSR count). The fourth-order valence-electron chi connectivity index (χ4n) is 4.82. The summed E-state index contributed by atoms with van der Waals surface area (Å²) in [6.07, 6.45) is 1.07. The van der Waals surface area contributed by atoms with E-state index in [4.69, 9.17) is 4.74 Å². The van der Waals surface area contributed by atoms with Gasteiger partial charge in [-0.3, -0.25) is 18.8 Å². The van der Waals surface area contributed by atoms with Crippen molar-refractivity contribution < 1.29 is 32.2 Å². The molecule has 1 unspecified atom stereocenters. The van der Waals surface area contributed by atoms with Crippen molar-refractivity contribution in [2.75, 3.05) is 47.5 Å². The van der Waals surface area contributed by atoms with Crippen LogP contribution in [0.15, 0.2) is 12.1 Å². The van der Waals surface area contributed by atoms with Gasteiger partial charge in [0.2, 0.25) is 5.91 Å². The highest BCUT2D eigenvalue weighted by atomic mass is 32.3. The number of halogens is 2. The van der Waals surface area contributed by atoms with E-state index in [-0.39, 0.29) is 35.8 Å². The lowest BCUT2D eigenvalue weighted by atomic mass is 9.81. The Hall–Kier alpha value is -2.11. The zero-order chi connectivity index (χ0) is 23.1. The second kappa shape index (κ2) is 8.68. The third kappa shape index (κ3) is 4.65. The van der Waals surface area contributed by atoms with E-state index in [1.165, 1.54) is 0 Å². The summed E-state index contributed by atoms with van der Waals surface area (Å²) in [5.41, 5.74) is -0.202. The summed E-state index contributed by atoms with van der Waals surface area (Å²) in [7, 11) is -2.46. The summed E-state index contributed by atoms with van der Waals surface area (Å²) in [5, 5.41) is 2.69. The Morgan fingerprint density at radius 2 is 1.88 bits per heavy atom. The normalized spacial score (nSPS) is 24.8. The number of ether oxygens (including phenoxy) is 1. The maximum absolute atomic E-state index is 14.9. The molecular formula is C21H29F2N3O5S. The van der Waals surface area contributed by atoms with Gasteiger partial charge in [0.25, 0.3) is 0 Å². The highest BCUT2D eigenvalue weighted by molar-refractivity contribution is 8.25. The van der Waals surface area contributed by atoms with Crippen LogP contribution in [0, 0.1) is 17.0 Å². The molecule has 1 aromatic carbocycles. The Bertz CT molecular complexity index is 874. The number of hydrogen-bond donors (Lipinski definition) is 3. The molecule has 3 aliphatic rings. The average Bonchev–Trinajstić information content (AvgIpc) is 3.07. The van der Waals surface area contributed by atoms with Crippen LogP contribution in [0.4, 0.5) is 25.0 Å². The molecule has 0 aliphatic carbocycles. The molecule has 0 aromatic heterocycles. The maximum atomic E-state index is 14.9. The molecule has 1 spiro atoms. The van der Waals surface area contributed by atoms with Crippen molar-refractivity contribution in [3.8, 4) is 0 Å². The first-order valence-electron chi connectivity index (χ1n) is 10.8. The first-order chi connectivity index (χ1) is 15.1. The van der Waals surface area contributed by atoms with Crippen molar-refractivity contribution in [3.63, 3.8) is 0 Å². The van der Waals surface area contributed by atoms with Gasteiger partial charge >= 0.3 is 6.09 Å². The minimum Gasteiger partial charge on any atom is -0.442 e. The Kier molecular flexibility index (Phi) is 6.25. The van der Waals surface area contributed by atoms with Gasteiger partial charge in [-0.2, -0.15) is 10.6 Å². The van der Waals surface area contributed by atoms with E-state index in [1.54, 1.807) is 4.90 Å².